The average Bonchev–Trinajstić information content (AvgIpc) is 2.74. The van der Waals surface area contributed by atoms with Crippen LogP contribution in [0.15, 0.2) is 56.7 Å². The van der Waals surface area contributed by atoms with E-state index >= 15 is 0 Å². The van der Waals surface area contributed by atoms with Crippen LogP contribution in [0.4, 0.5) is 4.39 Å². The fourth-order valence-electron chi connectivity index (χ4n) is 2.08. The standard InChI is InChI=1S/C15H10FIO2S/c1-9-15(13-8-11(17)4-7-14(13)19-9)20(18)12-5-2-10(16)3-6-12/h2-8H,1H3/t20-/m0/s1. The lowest BCUT2D eigenvalue weighted by Gasteiger charge is -2.02. The second kappa shape index (κ2) is 5.29. The van der Waals surface area contributed by atoms with Crippen LogP contribution in [0.2, 0.25) is 0 Å². The van der Waals surface area contributed by atoms with E-state index in [0.717, 1.165) is 8.96 Å². The van der Waals surface area contributed by atoms with Crippen molar-refractivity contribution in [3.63, 3.8) is 0 Å². The van der Waals surface area contributed by atoms with Crippen LogP contribution in [0, 0.1) is 16.3 Å². The average molecular weight is 400 g/mol. The molecule has 0 spiro atoms. The molecule has 0 radical (unpaired) electrons. The van der Waals surface area contributed by atoms with Gasteiger partial charge in [-0.2, -0.15) is 0 Å². The fraction of sp³-hybridized carbons (Fsp3) is 0.0667. The molecule has 0 bridgehead atoms. The van der Waals surface area contributed by atoms with E-state index in [2.05, 4.69) is 22.6 Å². The normalized spacial score (nSPS) is 12.8. The van der Waals surface area contributed by atoms with Gasteiger partial charge in [-0.1, -0.05) is 0 Å². The van der Waals surface area contributed by atoms with Crippen molar-refractivity contribution >= 4 is 44.4 Å². The Morgan fingerprint density at radius 2 is 1.85 bits per heavy atom. The minimum absolute atomic E-state index is 0.339. The van der Waals surface area contributed by atoms with Crippen molar-refractivity contribution in [3.8, 4) is 0 Å². The first kappa shape index (κ1) is 13.8. The Bertz CT molecular complexity index is 809. The Labute approximate surface area is 131 Å². The molecule has 0 saturated carbocycles. The summed E-state index contributed by atoms with van der Waals surface area (Å²) < 4.78 is 32.3. The first-order chi connectivity index (χ1) is 9.56. The molecule has 2 aromatic carbocycles. The molecule has 0 amide bonds. The summed E-state index contributed by atoms with van der Waals surface area (Å²) in [5.41, 5.74) is 0.716. The van der Waals surface area contributed by atoms with Gasteiger partial charge in [0.25, 0.3) is 0 Å². The van der Waals surface area contributed by atoms with Crippen LogP contribution in [0.25, 0.3) is 11.0 Å². The number of fused-ring (bicyclic) bond motifs is 1. The third kappa shape index (κ3) is 2.40. The molecule has 0 aliphatic heterocycles. The fourth-order valence-corrected chi connectivity index (χ4v) is 3.85. The van der Waals surface area contributed by atoms with Gasteiger partial charge in [-0.3, -0.25) is 0 Å². The summed E-state index contributed by atoms with van der Waals surface area (Å²) in [6, 6.07) is 11.5. The molecular weight excluding hydrogens is 390 g/mol. The SMILES string of the molecule is Cc1oc2ccc(I)cc2c1[S@@](=O)c1ccc(F)cc1. The highest BCUT2D eigenvalue weighted by atomic mass is 127. The van der Waals surface area contributed by atoms with Crippen LogP contribution < -0.4 is 0 Å². The Hall–Kier alpha value is -1.21. The highest BCUT2D eigenvalue weighted by Gasteiger charge is 2.18. The van der Waals surface area contributed by atoms with Gasteiger partial charge in [0.1, 0.15) is 17.2 Å². The maximum Gasteiger partial charge on any atom is 0.135 e. The lowest BCUT2D eigenvalue weighted by molar-refractivity contribution is 0.566. The molecule has 5 heteroatoms. The van der Waals surface area contributed by atoms with Crippen LogP contribution in [-0.4, -0.2) is 4.21 Å². The van der Waals surface area contributed by atoms with Gasteiger partial charge in [-0.05, 0) is 72.0 Å². The summed E-state index contributed by atoms with van der Waals surface area (Å²) in [4.78, 5) is 1.22. The molecule has 1 atom stereocenters. The van der Waals surface area contributed by atoms with Crippen molar-refractivity contribution in [1.82, 2.24) is 0 Å². The molecule has 0 fully saturated rings. The monoisotopic (exact) mass is 400 g/mol. The predicted octanol–water partition coefficient (Wildman–Crippen LogP) is 4.65. The molecule has 1 heterocycles. The zero-order valence-electron chi connectivity index (χ0n) is 10.5. The minimum Gasteiger partial charge on any atom is -0.460 e. The highest BCUT2D eigenvalue weighted by Crippen LogP contribution is 2.32. The van der Waals surface area contributed by atoms with Crippen molar-refractivity contribution in [2.45, 2.75) is 16.7 Å². The van der Waals surface area contributed by atoms with Crippen molar-refractivity contribution in [3.05, 3.63) is 57.6 Å². The predicted molar refractivity (Wildman–Crippen MR) is 84.7 cm³/mol. The Morgan fingerprint density at radius 1 is 1.15 bits per heavy atom. The lowest BCUT2D eigenvalue weighted by atomic mass is 10.2. The van der Waals surface area contributed by atoms with Crippen LogP contribution in [-0.2, 0) is 10.8 Å². The maximum absolute atomic E-state index is 13.0. The van der Waals surface area contributed by atoms with Crippen LogP contribution in [0.1, 0.15) is 5.76 Å². The minimum atomic E-state index is -1.38. The van der Waals surface area contributed by atoms with Gasteiger partial charge in [0.2, 0.25) is 0 Å². The van der Waals surface area contributed by atoms with Crippen LogP contribution in [0.3, 0.4) is 0 Å². The molecule has 20 heavy (non-hydrogen) atoms. The van der Waals surface area contributed by atoms with E-state index in [1.54, 1.807) is 6.92 Å². The Balaban J connectivity index is 2.18. The molecule has 3 aromatic rings. The van der Waals surface area contributed by atoms with E-state index in [0.29, 0.717) is 21.1 Å². The van der Waals surface area contributed by atoms with Gasteiger partial charge in [0, 0.05) is 13.9 Å². The molecule has 0 N–H and O–H groups in total. The molecule has 102 valence electrons. The molecular formula is C15H10FIO2S. The Kier molecular flexibility index (Phi) is 3.64. The molecule has 0 saturated heterocycles. The van der Waals surface area contributed by atoms with E-state index in [1.165, 1.54) is 24.3 Å². The second-order valence-electron chi connectivity index (χ2n) is 4.35. The summed E-state index contributed by atoms with van der Waals surface area (Å²) in [5, 5.41) is 0.844. The molecule has 1 aromatic heterocycles. The van der Waals surface area contributed by atoms with E-state index < -0.39 is 10.8 Å². The van der Waals surface area contributed by atoms with E-state index in [9.17, 15) is 8.60 Å². The number of furan rings is 1. The number of halogens is 2. The largest absolute Gasteiger partial charge is 0.460 e. The van der Waals surface area contributed by atoms with Crippen molar-refractivity contribution < 1.29 is 13.0 Å². The zero-order chi connectivity index (χ0) is 14.3. The van der Waals surface area contributed by atoms with E-state index in [1.807, 2.05) is 18.2 Å². The molecule has 0 aliphatic rings. The summed E-state index contributed by atoms with van der Waals surface area (Å²) in [5.74, 6) is 0.290. The molecule has 0 unspecified atom stereocenters. The molecule has 2 nitrogen and oxygen atoms in total. The Morgan fingerprint density at radius 3 is 2.55 bits per heavy atom. The van der Waals surface area contributed by atoms with Crippen LogP contribution >= 0.6 is 22.6 Å². The number of aryl methyl sites for hydroxylation is 1. The summed E-state index contributed by atoms with van der Waals surface area (Å²) in [6.07, 6.45) is 0. The van der Waals surface area contributed by atoms with Gasteiger partial charge in [-0.15, -0.1) is 0 Å². The van der Waals surface area contributed by atoms with Gasteiger partial charge in [0.05, 0.1) is 15.7 Å². The third-order valence-corrected chi connectivity index (χ3v) is 5.23. The number of hydrogen-bond donors (Lipinski definition) is 0. The van der Waals surface area contributed by atoms with Gasteiger partial charge < -0.3 is 4.42 Å². The first-order valence-corrected chi connectivity index (χ1v) is 8.15. The summed E-state index contributed by atoms with van der Waals surface area (Å²) in [6.45, 7) is 1.80. The second-order valence-corrected chi connectivity index (χ2v) is 7.01. The quantitative estimate of drug-likeness (QED) is 0.587. The number of rotatable bonds is 2. The third-order valence-electron chi connectivity index (χ3n) is 2.98. The topological polar surface area (TPSA) is 30.2 Å². The van der Waals surface area contributed by atoms with Gasteiger partial charge in [0.15, 0.2) is 0 Å². The molecule has 3 rings (SSSR count). The first-order valence-electron chi connectivity index (χ1n) is 5.92. The molecule has 0 aliphatic carbocycles. The van der Waals surface area contributed by atoms with E-state index in [-0.39, 0.29) is 5.82 Å². The highest BCUT2D eigenvalue weighted by molar-refractivity contribution is 14.1. The van der Waals surface area contributed by atoms with Gasteiger partial charge >= 0.3 is 0 Å². The van der Waals surface area contributed by atoms with Crippen LogP contribution in [0.5, 0.6) is 0 Å². The van der Waals surface area contributed by atoms with E-state index in [4.69, 9.17) is 4.42 Å². The smallest absolute Gasteiger partial charge is 0.135 e. The zero-order valence-corrected chi connectivity index (χ0v) is 13.5. The summed E-state index contributed by atoms with van der Waals surface area (Å²) in [7, 11) is -1.38. The summed E-state index contributed by atoms with van der Waals surface area (Å²) >= 11 is 2.21. The van der Waals surface area contributed by atoms with Gasteiger partial charge in [-0.25, -0.2) is 8.60 Å². The van der Waals surface area contributed by atoms with Crippen molar-refractivity contribution in [2.75, 3.05) is 0 Å². The number of hydrogen-bond acceptors (Lipinski definition) is 2. The van der Waals surface area contributed by atoms with Crippen molar-refractivity contribution in [1.29, 1.82) is 0 Å². The maximum atomic E-state index is 13.0. The van der Waals surface area contributed by atoms with Crippen molar-refractivity contribution in [2.24, 2.45) is 0 Å². The number of benzene rings is 2. The lowest BCUT2D eigenvalue weighted by Crippen LogP contribution is -1.94.